The van der Waals surface area contributed by atoms with Gasteiger partial charge in [0.05, 0.1) is 5.92 Å². The zero-order chi connectivity index (χ0) is 19.1. The molecule has 1 saturated carbocycles. The number of carbonyl (C=O) groups excluding carboxylic acids is 1. The molecule has 0 aliphatic heterocycles. The summed E-state index contributed by atoms with van der Waals surface area (Å²) in [6.07, 6.45) is 2.08. The number of ether oxygens (including phenoxy) is 2. The van der Waals surface area contributed by atoms with E-state index in [-0.39, 0.29) is 18.6 Å². The second kappa shape index (κ2) is 9.07. The lowest BCUT2D eigenvalue weighted by Crippen LogP contribution is -2.42. The minimum atomic E-state index is -0.863. The molecule has 0 saturated heterocycles. The van der Waals surface area contributed by atoms with Crippen molar-refractivity contribution in [3.05, 3.63) is 60.2 Å². The molecule has 142 valence electrons. The Morgan fingerprint density at radius 3 is 2.33 bits per heavy atom. The summed E-state index contributed by atoms with van der Waals surface area (Å²) in [5.74, 6) is -0.678. The molecule has 0 heterocycles. The van der Waals surface area contributed by atoms with E-state index in [4.69, 9.17) is 9.47 Å². The van der Waals surface area contributed by atoms with Crippen LogP contribution in [0.4, 0.5) is 0 Å². The van der Waals surface area contributed by atoms with Crippen molar-refractivity contribution in [1.82, 2.24) is 5.32 Å². The SMILES string of the molecule is O=C(COc1ccccc1OCc1ccccc1)N[C@H]1CCC[C@H]1C(=O)O. The van der Waals surface area contributed by atoms with Crippen LogP contribution in [0.3, 0.4) is 0 Å². The summed E-state index contributed by atoms with van der Waals surface area (Å²) < 4.78 is 11.4. The van der Waals surface area contributed by atoms with E-state index in [1.54, 1.807) is 18.2 Å². The monoisotopic (exact) mass is 369 g/mol. The van der Waals surface area contributed by atoms with Crippen LogP contribution in [0.25, 0.3) is 0 Å². The Labute approximate surface area is 158 Å². The number of aliphatic carboxylic acids is 1. The quantitative estimate of drug-likeness (QED) is 0.747. The zero-order valence-electron chi connectivity index (χ0n) is 15.0. The molecule has 1 amide bonds. The molecule has 6 heteroatoms. The van der Waals surface area contributed by atoms with Crippen molar-refractivity contribution < 1.29 is 24.2 Å². The average Bonchev–Trinajstić information content (AvgIpc) is 3.14. The van der Waals surface area contributed by atoms with Crippen molar-refractivity contribution in [1.29, 1.82) is 0 Å². The van der Waals surface area contributed by atoms with Gasteiger partial charge in [-0.15, -0.1) is 0 Å². The first-order chi connectivity index (χ1) is 13.1. The standard InChI is InChI=1S/C21H23NO5/c23-20(22-17-10-6-9-16(17)21(24)25)14-27-19-12-5-4-11-18(19)26-13-15-7-2-1-3-8-15/h1-5,7-8,11-12,16-17H,6,9-10,13-14H2,(H,22,23)(H,24,25)/t16-,17+/m1/s1. The van der Waals surface area contributed by atoms with E-state index in [0.717, 1.165) is 12.0 Å². The molecule has 0 radical (unpaired) electrons. The van der Waals surface area contributed by atoms with Crippen molar-refractivity contribution in [3.63, 3.8) is 0 Å². The third kappa shape index (κ3) is 5.23. The maximum Gasteiger partial charge on any atom is 0.308 e. The minimum Gasteiger partial charge on any atom is -0.485 e. The van der Waals surface area contributed by atoms with Crippen LogP contribution in [-0.4, -0.2) is 29.6 Å². The predicted molar refractivity (Wildman–Crippen MR) is 99.6 cm³/mol. The molecule has 1 fully saturated rings. The van der Waals surface area contributed by atoms with Crippen molar-refractivity contribution in [3.8, 4) is 11.5 Å². The van der Waals surface area contributed by atoms with Gasteiger partial charge in [0, 0.05) is 6.04 Å². The topological polar surface area (TPSA) is 84.9 Å². The summed E-state index contributed by atoms with van der Waals surface area (Å²) in [5, 5.41) is 12.0. The number of amides is 1. The van der Waals surface area contributed by atoms with Crippen LogP contribution in [0, 0.1) is 5.92 Å². The van der Waals surface area contributed by atoms with Gasteiger partial charge < -0.3 is 19.9 Å². The Morgan fingerprint density at radius 2 is 1.63 bits per heavy atom. The van der Waals surface area contributed by atoms with Gasteiger partial charge in [0.25, 0.3) is 5.91 Å². The summed E-state index contributed by atoms with van der Waals surface area (Å²) in [6, 6.07) is 16.6. The summed E-state index contributed by atoms with van der Waals surface area (Å²) >= 11 is 0. The summed E-state index contributed by atoms with van der Waals surface area (Å²) in [7, 11) is 0. The number of carbonyl (C=O) groups is 2. The molecular formula is C21H23NO5. The number of carboxylic acid groups (broad SMARTS) is 1. The number of para-hydroxylation sites is 2. The van der Waals surface area contributed by atoms with E-state index in [0.29, 0.717) is 30.9 Å². The van der Waals surface area contributed by atoms with E-state index >= 15 is 0 Å². The molecule has 0 bridgehead atoms. The molecule has 6 nitrogen and oxygen atoms in total. The molecule has 27 heavy (non-hydrogen) atoms. The largest absolute Gasteiger partial charge is 0.485 e. The lowest BCUT2D eigenvalue weighted by Gasteiger charge is -2.18. The van der Waals surface area contributed by atoms with Crippen LogP contribution in [0.5, 0.6) is 11.5 Å². The van der Waals surface area contributed by atoms with E-state index < -0.39 is 11.9 Å². The zero-order valence-corrected chi connectivity index (χ0v) is 15.0. The smallest absolute Gasteiger partial charge is 0.308 e. The first-order valence-corrected chi connectivity index (χ1v) is 9.04. The highest BCUT2D eigenvalue weighted by molar-refractivity contribution is 5.79. The second-order valence-corrected chi connectivity index (χ2v) is 6.56. The summed E-state index contributed by atoms with van der Waals surface area (Å²) in [6.45, 7) is 0.213. The van der Waals surface area contributed by atoms with Crippen molar-refractivity contribution in [2.75, 3.05) is 6.61 Å². The fourth-order valence-electron chi connectivity index (χ4n) is 3.24. The highest BCUT2D eigenvalue weighted by atomic mass is 16.5. The lowest BCUT2D eigenvalue weighted by molar-refractivity contribution is -0.142. The Hall–Kier alpha value is -3.02. The maximum absolute atomic E-state index is 12.2. The van der Waals surface area contributed by atoms with Gasteiger partial charge in [0.1, 0.15) is 6.61 Å². The Morgan fingerprint density at radius 1 is 0.963 bits per heavy atom. The normalized spacial score (nSPS) is 18.7. The van der Waals surface area contributed by atoms with Gasteiger partial charge in [-0.25, -0.2) is 0 Å². The second-order valence-electron chi connectivity index (χ2n) is 6.56. The van der Waals surface area contributed by atoms with Crippen LogP contribution in [0.2, 0.25) is 0 Å². The Bertz CT molecular complexity index is 777. The molecule has 3 rings (SSSR count). The molecule has 1 aliphatic carbocycles. The third-order valence-corrected chi connectivity index (χ3v) is 4.62. The molecule has 1 aliphatic rings. The Balaban J connectivity index is 1.53. The van der Waals surface area contributed by atoms with Crippen LogP contribution >= 0.6 is 0 Å². The van der Waals surface area contributed by atoms with Crippen molar-refractivity contribution in [2.45, 2.75) is 31.9 Å². The molecule has 0 aromatic heterocycles. The van der Waals surface area contributed by atoms with Gasteiger partial charge in [0.15, 0.2) is 18.1 Å². The van der Waals surface area contributed by atoms with E-state index in [2.05, 4.69) is 5.32 Å². The van der Waals surface area contributed by atoms with E-state index in [9.17, 15) is 14.7 Å². The summed E-state index contributed by atoms with van der Waals surface area (Å²) in [4.78, 5) is 23.4. The maximum atomic E-state index is 12.2. The first kappa shape index (κ1) is 18.8. The van der Waals surface area contributed by atoms with Crippen LogP contribution in [-0.2, 0) is 16.2 Å². The summed E-state index contributed by atoms with van der Waals surface area (Å²) in [5.41, 5.74) is 1.03. The van der Waals surface area contributed by atoms with Crippen LogP contribution in [0.1, 0.15) is 24.8 Å². The molecule has 0 unspecified atom stereocenters. The molecule has 2 aromatic rings. The third-order valence-electron chi connectivity index (χ3n) is 4.62. The van der Waals surface area contributed by atoms with Crippen LogP contribution < -0.4 is 14.8 Å². The number of hydrogen-bond donors (Lipinski definition) is 2. The lowest BCUT2D eigenvalue weighted by atomic mass is 10.0. The van der Waals surface area contributed by atoms with Gasteiger partial charge in [-0.2, -0.15) is 0 Å². The van der Waals surface area contributed by atoms with Gasteiger partial charge >= 0.3 is 5.97 Å². The highest BCUT2D eigenvalue weighted by Gasteiger charge is 2.33. The first-order valence-electron chi connectivity index (χ1n) is 9.04. The number of benzene rings is 2. The number of nitrogens with one attached hydrogen (secondary N) is 1. The molecule has 2 atom stereocenters. The van der Waals surface area contributed by atoms with E-state index in [1.165, 1.54) is 0 Å². The van der Waals surface area contributed by atoms with Gasteiger partial charge in [-0.05, 0) is 30.5 Å². The van der Waals surface area contributed by atoms with Gasteiger partial charge in [-0.3, -0.25) is 9.59 Å². The fraction of sp³-hybridized carbons (Fsp3) is 0.333. The molecule has 2 N–H and O–H groups in total. The molecule has 0 spiro atoms. The molecular weight excluding hydrogens is 346 g/mol. The van der Waals surface area contributed by atoms with Crippen molar-refractivity contribution in [2.24, 2.45) is 5.92 Å². The average molecular weight is 369 g/mol. The van der Waals surface area contributed by atoms with E-state index in [1.807, 2.05) is 36.4 Å². The predicted octanol–water partition coefficient (Wildman–Crippen LogP) is 3.01. The Kier molecular flexibility index (Phi) is 6.30. The number of hydrogen-bond acceptors (Lipinski definition) is 4. The van der Waals surface area contributed by atoms with Crippen molar-refractivity contribution >= 4 is 11.9 Å². The number of rotatable bonds is 8. The molecule has 2 aromatic carbocycles. The van der Waals surface area contributed by atoms with Crippen LogP contribution in [0.15, 0.2) is 54.6 Å². The van der Waals surface area contributed by atoms with Gasteiger partial charge in [0.2, 0.25) is 0 Å². The van der Waals surface area contributed by atoms with Gasteiger partial charge in [-0.1, -0.05) is 48.9 Å². The minimum absolute atomic E-state index is 0.186. The highest BCUT2D eigenvalue weighted by Crippen LogP contribution is 2.28. The number of carboxylic acids is 1. The fourth-order valence-corrected chi connectivity index (χ4v) is 3.24.